The lowest BCUT2D eigenvalue weighted by Gasteiger charge is -2.12. The van der Waals surface area contributed by atoms with Crippen molar-refractivity contribution in [1.29, 1.82) is 0 Å². The molecule has 1 aromatic rings. The number of carbonyl (C=O) groups is 1. The summed E-state index contributed by atoms with van der Waals surface area (Å²) in [5, 5.41) is 8.85. The predicted molar refractivity (Wildman–Crippen MR) is 72.0 cm³/mol. The number of carboxylic acid groups (broad SMARTS) is 1. The average Bonchev–Trinajstić information content (AvgIpc) is 2.27. The Bertz CT molecular complexity index is 459. The van der Waals surface area contributed by atoms with Gasteiger partial charge in [0.2, 0.25) is 0 Å². The van der Waals surface area contributed by atoms with E-state index in [1.54, 1.807) is 7.11 Å². The van der Waals surface area contributed by atoms with E-state index in [0.717, 1.165) is 22.4 Å². The maximum atomic E-state index is 10.8. The Hall–Kier alpha value is -1.77. The molecule has 0 saturated heterocycles. The second kappa shape index (κ2) is 6.24. The molecule has 0 aliphatic carbocycles. The number of allylic oxidation sites excluding steroid dienone is 1. The molecule has 1 N–H and O–H groups in total. The van der Waals surface area contributed by atoms with Gasteiger partial charge in [-0.1, -0.05) is 31.6 Å². The predicted octanol–water partition coefficient (Wildman–Crippen LogP) is 3.21. The molecule has 3 nitrogen and oxygen atoms in total. The summed E-state index contributed by atoms with van der Waals surface area (Å²) in [7, 11) is 1.64. The fraction of sp³-hybridized carbons (Fsp3) is 0.400. The minimum Gasteiger partial charge on any atom is -0.496 e. The van der Waals surface area contributed by atoms with Crippen molar-refractivity contribution in [3.63, 3.8) is 0 Å². The Kier molecular flexibility index (Phi) is 4.95. The minimum atomic E-state index is -0.885. The van der Waals surface area contributed by atoms with Gasteiger partial charge in [-0.25, -0.2) is 4.79 Å². The van der Waals surface area contributed by atoms with Crippen molar-refractivity contribution in [3.05, 3.63) is 41.0 Å². The van der Waals surface area contributed by atoms with E-state index in [-0.39, 0.29) is 5.92 Å². The van der Waals surface area contributed by atoms with Crippen molar-refractivity contribution in [2.45, 2.75) is 27.2 Å². The molecule has 0 unspecified atom stereocenters. The molecule has 0 bridgehead atoms. The zero-order valence-electron chi connectivity index (χ0n) is 11.4. The Morgan fingerprint density at radius 1 is 1.44 bits per heavy atom. The van der Waals surface area contributed by atoms with E-state index >= 15 is 0 Å². The standard InChI is InChI=1S/C15H20O3/c1-10(2)13(9-15(16)17)8-12-5-6-14(18-4)11(3)7-12/h5-7,9-10H,8H2,1-4H3,(H,16,17)/b13-9-. The van der Waals surface area contributed by atoms with Gasteiger partial charge in [0, 0.05) is 6.08 Å². The monoisotopic (exact) mass is 248 g/mol. The van der Waals surface area contributed by atoms with Gasteiger partial charge in [-0.05, 0) is 36.5 Å². The largest absolute Gasteiger partial charge is 0.496 e. The highest BCUT2D eigenvalue weighted by molar-refractivity contribution is 5.80. The van der Waals surface area contributed by atoms with Crippen LogP contribution in [0.15, 0.2) is 29.8 Å². The zero-order valence-corrected chi connectivity index (χ0v) is 11.4. The van der Waals surface area contributed by atoms with Crippen LogP contribution in [0.3, 0.4) is 0 Å². The molecule has 0 spiro atoms. The van der Waals surface area contributed by atoms with Crippen LogP contribution >= 0.6 is 0 Å². The number of hydrogen-bond donors (Lipinski definition) is 1. The highest BCUT2D eigenvalue weighted by Gasteiger charge is 2.08. The lowest BCUT2D eigenvalue weighted by molar-refractivity contribution is -0.131. The van der Waals surface area contributed by atoms with Crippen LogP contribution in [0.4, 0.5) is 0 Å². The van der Waals surface area contributed by atoms with Crippen LogP contribution in [-0.2, 0) is 11.2 Å². The lowest BCUT2D eigenvalue weighted by Crippen LogP contribution is -2.03. The highest BCUT2D eigenvalue weighted by atomic mass is 16.5. The number of ether oxygens (including phenoxy) is 1. The molecule has 1 rings (SSSR count). The van der Waals surface area contributed by atoms with Crippen molar-refractivity contribution >= 4 is 5.97 Å². The second-order valence-electron chi connectivity index (χ2n) is 4.69. The van der Waals surface area contributed by atoms with Gasteiger partial charge in [0.15, 0.2) is 0 Å². The number of aryl methyl sites for hydroxylation is 1. The van der Waals surface area contributed by atoms with Gasteiger partial charge in [0.1, 0.15) is 5.75 Å². The van der Waals surface area contributed by atoms with Crippen LogP contribution in [0.5, 0.6) is 5.75 Å². The fourth-order valence-corrected chi connectivity index (χ4v) is 1.87. The fourth-order valence-electron chi connectivity index (χ4n) is 1.87. The van der Waals surface area contributed by atoms with Crippen molar-refractivity contribution in [2.24, 2.45) is 5.92 Å². The van der Waals surface area contributed by atoms with E-state index in [0.29, 0.717) is 6.42 Å². The van der Waals surface area contributed by atoms with E-state index in [1.807, 2.05) is 39.0 Å². The maximum Gasteiger partial charge on any atom is 0.328 e. The number of hydrogen-bond acceptors (Lipinski definition) is 2. The first kappa shape index (κ1) is 14.3. The first-order chi connectivity index (χ1) is 8.43. The highest BCUT2D eigenvalue weighted by Crippen LogP contribution is 2.22. The van der Waals surface area contributed by atoms with Gasteiger partial charge in [-0.2, -0.15) is 0 Å². The summed E-state index contributed by atoms with van der Waals surface area (Å²) in [6.07, 6.45) is 1.97. The minimum absolute atomic E-state index is 0.225. The van der Waals surface area contributed by atoms with Gasteiger partial charge >= 0.3 is 5.97 Å². The third-order valence-corrected chi connectivity index (χ3v) is 2.92. The first-order valence-electron chi connectivity index (χ1n) is 6.01. The quantitative estimate of drug-likeness (QED) is 0.814. The average molecular weight is 248 g/mol. The number of carboxylic acids is 1. The van der Waals surface area contributed by atoms with Gasteiger partial charge < -0.3 is 9.84 Å². The third kappa shape index (κ3) is 3.91. The van der Waals surface area contributed by atoms with Crippen molar-refractivity contribution in [2.75, 3.05) is 7.11 Å². The number of benzene rings is 1. The van der Waals surface area contributed by atoms with E-state index in [9.17, 15) is 4.79 Å². The summed E-state index contributed by atoms with van der Waals surface area (Å²) in [5.41, 5.74) is 3.09. The van der Waals surface area contributed by atoms with Gasteiger partial charge in [0.05, 0.1) is 7.11 Å². The Labute approximate surface area is 108 Å². The maximum absolute atomic E-state index is 10.8. The van der Waals surface area contributed by atoms with Crippen molar-refractivity contribution in [3.8, 4) is 5.75 Å². The van der Waals surface area contributed by atoms with Crippen LogP contribution in [-0.4, -0.2) is 18.2 Å². The molecular weight excluding hydrogens is 228 g/mol. The SMILES string of the molecule is COc1ccc(C/C(=C/C(=O)O)C(C)C)cc1C. The Morgan fingerprint density at radius 2 is 2.11 bits per heavy atom. The molecule has 0 saturated carbocycles. The molecule has 3 heteroatoms. The summed E-state index contributed by atoms with van der Waals surface area (Å²) in [6, 6.07) is 5.93. The normalized spacial score (nSPS) is 11.7. The van der Waals surface area contributed by atoms with Crippen LogP contribution in [0.2, 0.25) is 0 Å². The van der Waals surface area contributed by atoms with Crippen LogP contribution < -0.4 is 4.74 Å². The molecule has 18 heavy (non-hydrogen) atoms. The molecule has 98 valence electrons. The summed E-state index contributed by atoms with van der Waals surface area (Å²) in [5.74, 6) is 0.194. The van der Waals surface area contributed by atoms with E-state index < -0.39 is 5.97 Å². The molecule has 0 fully saturated rings. The van der Waals surface area contributed by atoms with Crippen molar-refractivity contribution < 1.29 is 14.6 Å². The number of rotatable bonds is 5. The molecule has 0 radical (unpaired) electrons. The summed E-state index contributed by atoms with van der Waals surface area (Å²) < 4.78 is 5.21. The lowest BCUT2D eigenvalue weighted by atomic mass is 9.94. The summed E-state index contributed by atoms with van der Waals surface area (Å²) in [6.45, 7) is 5.99. The number of aliphatic carboxylic acids is 1. The van der Waals surface area contributed by atoms with E-state index in [2.05, 4.69) is 0 Å². The smallest absolute Gasteiger partial charge is 0.328 e. The van der Waals surface area contributed by atoms with E-state index in [1.165, 1.54) is 6.08 Å². The Morgan fingerprint density at radius 3 is 2.56 bits per heavy atom. The first-order valence-corrected chi connectivity index (χ1v) is 6.01. The molecule has 0 aliphatic rings. The van der Waals surface area contributed by atoms with Gasteiger partial charge in [0.25, 0.3) is 0 Å². The molecule has 0 aliphatic heterocycles. The molecule has 0 heterocycles. The van der Waals surface area contributed by atoms with Crippen LogP contribution in [0, 0.1) is 12.8 Å². The second-order valence-corrected chi connectivity index (χ2v) is 4.69. The molecule has 1 aromatic carbocycles. The summed E-state index contributed by atoms with van der Waals surface area (Å²) in [4.78, 5) is 10.8. The third-order valence-electron chi connectivity index (χ3n) is 2.92. The molecule has 0 amide bonds. The topological polar surface area (TPSA) is 46.5 Å². The van der Waals surface area contributed by atoms with Crippen LogP contribution in [0.1, 0.15) is 25.0 Å². The van der Waals surface area contributed by atoms with Gasteiger partial charge in [-0.15, -0.1) is 0 Å². The van der Waals surface area contributed by atoms with Crippen molar-refractivity contribution in [1.82, 2.24) is 0 Å². The molecule has 0 aromatic heterocycles. The Balaban J connectivity index is 2.95. The summed E-state index contributed by atoms with van der Waals surface area (Å²) >= 11 is 0. The van der Waals surface area contributed by atoms with Crippen LogP contribution in [0.25, 0.3) is 0 Å². The zero-order chi connectivity index (χ0) is 13.7. The van der Waals surface area contributed by atoms with Gasteiger partial charge in [-0.3, -0.25) is 0 Å². The molecule has 0 atom stereocenters. The number of methoxy groups -OCH3 is 1. The van der Waals surface area contributed by atoms with E-state index in [4.69, 9.17) is 9.84 Å². The molecular formula is C15H20O3.